The standard InChI is InChI=1S/C21H19ClN2O5S/c1-12(25)14-9-24-17(7-18(14)26)13-6-15(22)20(28-5-3-4-27-2)8-19(13)29-21(24)16-10-30-11-23-16/h6-11,21H,3-5H2,1-2H3/t21-/m1/s1. The lowest BCUT2D eigenvalue weighted by molar-refractivity contribution is 0.101. The minimum absolute atomic E-state index is 0.0928. The van der Waals surface area contributed by atoms with Crippen LogP contribution in [0.15, 0.2) is 40.1 Å². The summed E-state index contributed by atoms with van der Waals surface area (Å²) in [7, 11) is 1.63. The molecule has 1 aromatic carbocycles. The monoisotopic (exact) mass is 446 g/mol. The van der Waals surface area contributed by atoms with Gasteiger partial charge in [0.2, 0.25) is 6.23 Å². The van der Waals surface area contributed by atoms with Crippen LogP contribution < -0.4 is 14.9 Å². The van der Waals surface area contributed by atoms with E-state index in [-0.39, 0.29) is 16.8 Å². The number of fused-ring (bicyclic) bond motifs is 3. The molecule has 1 atom stereocenters. The zero-order valence-corrected chi connectivity index (χ0v) is 18.0. The minimum Gasteiger partial charge on any atom is -0.492 e. The quantitative estimate of drug-likeness (QED) is 0.400. The number of hydrogen-bond acceptors (Lipinski definition) is 7. The number of hydrogen-bond donors (Lipinski definition) is 0. The van der Waals surface area contributed by atoms with Crippen molar-refractivity contribution < 1.29 is 19.0 Å². The van der Waals surface area contributed by atoms with E-state index in [1.807, 2.05) is 5.38 Å². The number of methoxy groups -OCH3 is 1. The fourth-order valence-corrected chi connectivity index (χ4v) is 4.05. The molecule has 0 saturated carbocycles. The van der Waals surface area contributed by atoms with E-state index >= 15 is 0 Å². The first-order valence-corrected chi connectivity index (χ1v) is 10.6. The Morgan fingerprint density at radius 3 is 2.87 bits per heavy atom. The van der Waals surface area contributed by atoms with Crippen molar-refractivity contribution in [3.05, 3.63) is 61.8 Å². The highest BCUT2D eigenvalue weighted by atomic mass is 35.5. The fraction of sp³-hybridized carbons (Fsp3) is 0.286. The number of nitrogens with zero attached hydrogens (tertiary/aromatic N) is 2. The van der Waals surface area contributed by atoms with Gasteiger partial charge in [0.15, 0.2) is 11.2 Å². The lowest BCUT2D eigenvalue weighted by Crippen LogP contribution is -2.27. The first-order valence-electron chi connectivity index (χ1n) is 9.27. The smallest absolute Gasteiger partial charge is 0.220 e. The van der Waals surface area contributed by atoms with Crippen molar-refractivity contribution in [1.82, 2.24) is 9.55 Å². The van der Waals surface area contributed by atoms with Crippen LogP contribution in [0.1, 0.15) is 35.6 Å². The van der Waals surface area contributed by atoms with E-state index in [2.05, 4.69) is 4.98 Å². The van der Waals surface area contributed by atoms with E-state index in [9.17, 15) is 9.59 Å². The van der Waals surface area contributed by atoms with Gasteiger partial charge < -0.3 is 18.8 Å². The topological polar surface area (TPSA) is 79.7 Å². The second-order valence-electron chi connectivity index (χ2n) is 6.76. The zero-order valence-electron chi connectivity index (χ0n) is 16.4. The molecule has 0 saturated heterocycles. The van der Waals surface area contributed by atoms with E-state index in [1.165, 1.54) is 30.5 Å². The first-order chi connectivity index (χ1) is 14.5. The van der Waals surface area contributed by atoms with Gasteiger partial charge in [-0.3, -0.25) is 9.59 Å². The zero-order chi connectivity index (χ0) is 21.3. The van der Waals surface area contributed by atoms with Crippen LogP contribution >= 0.6 is 22.9 Å². The number of pyridine rings is 1. The van der Waals surface area contributed by atoms with Crippen molar-refractivity contribution in [1.29, 1.82) is 0 Å². The summed E-state index contributed by atoms with van der Waals surface area (Å²) in [5.41, 5.74) is 3.35. The summed E-state index contributed by atoms with van der Waals surface area (Å²) in [4.78, 5) is 28.8. The summed E-state index contributed by atoms with van der Waals surface area (Å²) in [5.74, 6) is 0.699. The number of halogens is 1. The number of carbonyl (C=O) groups excluding carboxylic acids is 1. The van der Waals surface area contributed by atoms with Crippen LogP contribution in [0.5, 0.6) is 11.5 Å². The third-order valence-electron chi connectivity index (χ3n) is 4.72. The molecule has 0 spiro atoms. The van der Waals surface area contributed by atoms with Crippen LogP contribution in [0, 0.1) is 0 Å². The highest BCUT2D eigenvalue weighted by Crippen LogP contribution is 2.44. The Morgan fingerprint density at radius 1 is 1.33 bits per heavy atom. The van der Waals surface area contributed by atoms with Crippen molar-refractivity contribution in [2.75, 3.05) is 20.3 Å². The van der Waals surface area contributed by atoms with Crippen molar-refractivity contribution in [2.24, 2.45) is 0 Å². The molecular weight excluding hydrogens is 428 g/mol. The minimum atomic E-state index is -0.625. The molecular formula is C21H19ClN2O5S. The molecule has 0 fully saturated rings. The van der Waals surface area contributed by atoms with Crippen molar-refractivity contribution >= 4 is 28.7 Å². The number of benzene rings is 1. The van der Waals surface area contributed by atoms with Crippen LogP contribution in [0.4, 0.5) is 0 Å². The molecule has 4 rings (SSSR count). The van der Waals surface area contributed by atoms with Crippen LogP contribution in [0.3, 0.4) is 0 Å². The van der Waals surface area contributed by atoms with Crippen molar-refractivity contribution in [3.63, 3.8) is 0 Å². The number of rotatable bonds is 7. The second kappa shape index (κ2) is 8.59. The van der Waals surface area contributed by atoms with E-state index in [0.29, 0.717) is 46.7 Å². The molecule has 0 radical (unpaired) electrons. The molecule has 3 heterocycles. The van der Waals surface area contributed by atoms with Crippen molar-refractivity contribution in [3.8, 4) is 22.8 Å². The highest BCUT2D eigenvalue weighted by molar-refractivity contribution is 7.07. The molecule has 0 aliphatic carbocycles. The molecule has 0 unspecified atom stereocenters. The Hall–Kier alpha value is -2.68. The number of ether oxygens (including phenoxy) is 3. The SMILES string of the molecule is COCCCOc1cc2c(cc1Cl)-c1cc(=O)c(C(C)=O)cn1[C@@H](c1cscn1)O2. The van der Waals surface area contributed by atoms with Gasteiger partial charge in [-0.15, -0.1) is 11.3 Å². The Labute approximate surface area is 181 Å². The average molecular weight is 447 g/mol. The normalized spacial score (nSPS) is 14.6. The van der Waals surface area contributed by atoms with E-state index in [0.717, 1.165) is 6.42 Å². The van der Waals surface area contributed by atoms with Gasteiger partial charge in [0.1, 0.15) is 17.2 Å². The van der Waals surface area contributed by atoms with E-state index in [4.69, 9.17) is 25.8 Å². The molecule has 30 heavy (non-hydrogen) atoms. The molecule has 1 aliphatic heterocycles. The molecule has 0 amide bonds. The Morgan fingerprint density at radius 2 is 2.17 bits per heavy atom. The van der Waals surface area contributed by atoms with Crippen LogP contribution in [-0.2, 0) is 4.74 Å². The van der Waals surface area contributed by atoms with Crippen LogP contribution in [0.2, 0.25) is 5.02 Å². The highest BCUT2D eigenvalue weighted by Gasteiger charge is 2.30. The molecule has 2 aromatic heterocycles. The predicted octanol–water partition coefficient (Wildman–Crippen LogP) is 4.18. The summed E-state index contributed by atoms with van der Waals surface area (Å²) in [6, 6.07) is 4.86. The largest absolute Gasteiger partial charge is 0.492 e. The summed E-state index contributed by atoms with van der Waals surface area (Å²) < 4.78 is 18.8. The van der Waals surface area contributed by atoms with Gasteiger partial charge in [0.25, 0.3) is 0 Å². The van der Waals surface area contributed by atoms with Crippen LogP contribution in [-0.4, -0.2) is 35.7 Å². The Kier molecular flexibility index (Phi) is 5.90. The molecule has 9 heteroatoms. The number of aromatic nitrogens is 2. The third-order valence-corrected chi connectivity index (χ3v) is 5.62. The van der Waals surface area contributed by atoms with Gasteiger partial charge in [0.05, 0.1) is 28.4 Å². The number of ketones is 1. The molecule has 156 valence electrons. The maximum absolute atomic E-state index is 12.5. The van der Waals surface area contributed by atoms with Gasteiger partial charge in [-0.05, 0) is 13.0 Å². The molecule has 3 aromatic rings. The summed E-state index contributed by atoms with van der Waals surface area (Å²) >= 11 is 7.87. The van der Waals surface area contributed by atoms with Gasteiger partial charge in [-0.1, -0.05) is 11.6 Å². The third kappa shape index (κ3) is 3.86. The molecule has 0 N–H and O–H groups in total. The number of carbonyl (C=O) groups is 1. The van der Waals surface area contributed by atoms with Gasteiger partial charge in [0, 0.05) is 49.4 Å². The van der Waals surface area contributed by atoms with Gasteiger partial charge in [-0.25, -0.2) is 4.98 Å². The fourth-order valence-electron chi connectivity index (χ4n) is 3.28. The summed E-state index contributed by atoms with van der Waals surface area (Å²) in [6.45, 7) is 2.39. The number of Topliss-reactive ketones (excluding diaryl/α,β-unsaturated/α-hetero) is 1. The summed E-state index contributed by atoms with van der Waals surface area (Å²) in [5, 5.41) is 2.26. The molecule has 0 bridgehead atoms. The molecule has 7 nitrogen and oxygen atoms in total. The van der Waals surface area contributed by atoms with Crippen LogP contribution in [0.25, 0.3) is 11.3 Å². The maximum atomic E-state index is 12.5. The lowest BCUT2D eigenvalue weighted by atomic mass is 10.0. The van der Waals surface area contributed by atoms with Gasteiger partial charge in [-0.2, -0.15) is 0 Å². The molecule has 1 aliphatic rings. The van der Waals surface area contributed by atoms with E-state index in [1.54, 1.807) is 29.3 Å². The lowest BCUT2D eigenvalue weighted by Gasteiger charge is -2.31. The van der Waals surface area contributed by atoms with Crippen molar-refractivity contribution in [2.45, 2.75) is 19.6 Å². The first kappa shape index (κ1) is 20.6. The Bertz CT molecular complexity index is 1140. The Balaban J connectivity index is 1.81. The number of thiazole rings is 1. The summed E-state index contributed by atoms with van der Waals surface area (Å²) in [6.07, 6.45) is 1.62. The predicted molar refractivity (Wildman–Crippen MR) is 114 cm³/mol. The second-order valence-corrected chi connectivity index (χ2v) is 7.88. The van der Waals surface area contributed by atoms with Gasteiger partial charge >= 0.3 is 0 Å². The maximum Gasteiger partial charge on any atom is 0.220 e. The average Bonchev–Trinajstić information content (AvgIpc) is 3.25. The van der Waals surface area contributed by atoms with E-state index < -0.39 is 6.23 Å².